The molecule has 0 aliphatic heterocycles. The molecule has 0 fully saturated rings. The number of likely N-dealkylation sites (N-methyl/N-ethyl adjacent to an activating group) is 1. The first-order chi connectivity index (χ1) is 28.0. The highest BCUT2D eigenvalue weighted by molar-refractivity contribution is 7.47. The van der Waals surface area contributed by atoms with E-state index in [1.807, 2.05) is 27.2 Å². The Morgan fingerprint density at radius 3 is 1.38 bits per heavy atom. The summed E-state index contributed by atoms with van der Waals surface area (Å²) in [4.78, 5) is 22.9. The number of hydrogen-bond donors (Lipinski definition) is 3. The summed E-state index contributed by atoms with van der Waals surface area (Å²) >= 11 is 0. The third-order valence-corrected chi connectivity index (χ3v) is 12.2. The number of allylic oxidation sites excluding steroid dienone is 3. The fourth-order valence-electron chi connectivity index (χ4n) is 7.23. The molecule has 0 bridgehead atoms. The number of carbonyl (C=O) groups excluding carboxylic acids is 1. The summed E-state index contributed by atoms with van der Waals surface area (Å²) in [5, 5.41) is 13.8. The summed E-state index contributed by atoms with van der Waals surface area (Å²) in [7, 11) is 1.56. The van der Waals surface area contributed by atoms with Crippen molar-refractivity contribution < 1.29 is 32.9 Å². The van der Waals surface area contributed by atoms with Crippen LogP contribution in [0.5, 0.6) is 0 Å². The van der Waals surface area contributed by atoms with Gasteiger partial charge in [0.2, 0.25) is 5.91 Å². The molecule has 3 N–H and O–H groups in total. The van der Waals surface area contributed by atoms with Crippen molar-refractivity contribution in [2.75, 3.05) is 40.9 Å². The van der Waals surface area contributed by atoms with E-state index >= 15 is 0 Å². The molecule has 3 atom stereocenters. The van der Waals surface area contributed by atoms with E-state index in [-0.39, 0.29) is 19.1 Å². The van der Waals surface area contributed by atoms with E-state index in [1.54, 1.807) is 6.08 Å². The van der Waals surface area contributed by atoms with Gasteiger partial charge < -0.3 is 19.8 Å². The molecule has 1 amide bonds. The van der Waals surface area contributed by atoms with Crippen LogP contribution in [-0.4, -0.2) is 73.4 Å². The zero-order chi connectivity index (χ0) is 42.8. The van der Waals surface area contributed by atoms with E-state index < -0.39 is 20.0 Å². The number of aliphatic hydroxyl groups is 1. The number of quaternary nitrogens is 1. The van der Waals surface area contributed by atoms with Gasteiger partial charge in [-0.05, 0) is 32.1 Å². The number of amides is 1. The fourth-order valence-corrected chi connectivity index (χ4v) is 7.97. The van der Waals surface area contributed by atoms with Gasteiger partial charge in [-0.3, -0.25) is 13.8 Å². The molecule has 58 heavy (non-hydrogen) atoms. The Hall–Kier alpha value is -1.02. The van der Waals surface area contributed by atoms with Crippen molar-refractivity contribution in [2.45, 2.75) is 244 Å². The molecule has 9 heteroatoms. The smallest absolute Gasteiger partial charge is 0.387 e. The number of unbranched alkanes of at least 4 members (excludes halogenated alkanes) is 30. The number of phosphoric ester groups is 1. The Balaban J connectivity index is 4.06. The van der Waals surface area contributed by atoms with Crippen LogP contribution in [0.1, 0.15) is 232 Å². The predicted molar refractivity (Wildman–Crippen MR) is 249 cm³/mol. The quantitative estimate of drug-likeness (QED) is 0.0244. The molecule has 0 spiro atoms. The fraction of sp³-hybridized carbons (Fsp3) is 0.898. The van der Waals surface area contributed by atoms with Gasteiger partial charge in [0, 0.05) is 6.42 Å². The van der Waals surface area contributed by atoms with Crippen LogP contribution in [-0.2, 0) is 18.4 Å². The molecule has 0 aliphatic carbocycles. The Morgan fingerprint density at radius 1 is 0.569 bits per heavy atom. The van der Waals surface area contributed by atoms with E-state index in [0.717, 1.165) is 38.5 Å². The lowest BCUT2D eigenvalue weighted by atomic mass is 10.0. The first-order valence-electron chi connectivity index (χ1n) is 24.7. The van der Waals surface area contributed by atoms with Gasteiger partial charge >= 0.3 is 7.82 Å². The zero-order valence-electron chi connectivity index (χ0n) is 39.0. The van der Waals surface area contributed by atoms with E-state index in [1.165, 1.54) is 173 Å². The SMILES string of the molecule is CCCCCCCCCCCCCCCCCCCCCCCCC/C=C/CC/C=C/C(O)C(COP(=O)(O)OCC[N+](C)(C)C)NC(=O)CCCCCCCCC. The molecule has 344 valence electrons. The third-order valence-electron chi connectivity index (χ3n) is 11.2. The molecule has 0 heterocycles. The molecular weight excluding hydrogens is 744 g/mol. The van der Waals surface area contributed by atoms with Gasteiger partial charge in [-0.15, -0.1) is 0 Å². The minimum Gasteiger partial charge on any atom is -0.387 e. The summed E-state index contributed by atoms with van der Waals surface area (Å²) in [6, 6.07) is -0.856. The number of aliphatic hydroxyl groups excluding tert-OH is 1. The van der Waals surface area contributed by atoms with Gasteiger partial charge in [0.25, 0.3) is 0 Å². The first kappa shape index (κ1) is 57.0. The second-order valence-electron chi connectivity index (χ2n) is 18.2. The molecule has 0 saturated carbocycles. The maximum atomic E-state index is 12.7. The lowest BCUT2D eigenvalue weighted by Gasteiger charge is -2.25. The number of phosphoric acid groups is 1. The van der Waals surface area contributed by atoms with Crippen LogP contribution >= 0.6 is 7.82 Å². The molecule has 3 unspecified atom stereocenters. The van der Waals surface area contributed by atoms with Crippen molar-refractivity contribution in [1.82, 2.24) is 5.32 Å². The van der Waals surface area contributed by atoms with E-state index in [2.05, 4.69) is 31.3 Å². The van der Waals surface area contributed by atoms with E-state index in [9.17, 15) is 19.4 Å². The standard InChI is InChI=1S/C49H97N2O6P/c1-6-8-10-12-14-15-16-17-18-19-20-21-22-23-24-25-26-27-28-29-30-31-32-33-34-35-37-38-40-42-48(52)47(46-57-58(54,55)56-45-44-51(3,4)5)50-49(53)43-41-39-36-13-11-9-7-2/h34-35,40,42,47-48,52H,6-33,36-39,41,43-46H2,1-5H3,(H-,50,53,54,55)/p+1/b35-34+,42-40+. The number of rotatable bonds is 45. The number of carbonyl (C=O) groups is 1. The number of nitrogens with one attached hydrogen (secondary N) is 1. The van der Waals surface area contributed by atoms with Gasteiger partial charge in [0.1, 0.15) is 13.2 Å². The van der Waals surface area contributed by atoms with Crippen molar-refractivity contribution in [1.29, 1.82) is 0 Å². The lowest BCUT2D eigenvalue weighted by molar-refractivity contribution is -0.870. The Morgan fingerprint density at radius 2 is 0.948 bits per heavy atom. The van der Waals surface area contributed by atoms with Crippen molar-refractivity contribution in [3.8, 4) is 0 Å². The van der Waals surface area contributed by atoms with Crippen LogP contribution in [0.25, 0.3) is 0 Å². The summed E-state index contributed by atoms with van der Waals surface area (Å²) in [5.74, 6) is -0.193. The van der Waals surface area contributed by atoms with Gasteiger partial charge in [-0.2, -0.15) is 0 Å². The molecule has 0 aromatic heterocycles. The van der Waals surface area contributed by atoms with Gasteiger partial charge in [0.15, 0.2) is 0 Å². The van der Waals surface area contributed by atoms with Gasteiger partial charge in [0.05, 0.1) is 39.9 Å². The maximum absolute atomic E-state index is 12.7. The summed E-state index contributed by atoms with van der Waals surface area (Å²) < 4.78 is 23.5. The average molecular weight is 842 g/mol. The highest BCUT2D eigenvalue weighted by Crippen LogP contribution is 2.43. The molecule has 0 saturated heterocycles. The Bertz CT molecular complexity index is 1000. The highest BCUT2D eigenvalue weighted by atomic mass is 31.2. The van der Waals surface area contributed by atoms with Crippen LogP contribution in [0.2, 0.25) is 0 Å². The van der Waals surface area contributed by atoms with Crippen molar-refractivity contribution in [3.05, 3.63) is 24.3 Å². The topological polar surface area (TPSA) is 105 Å². The number of hydrogen-bond acceptors (Lipinski definition) is 5. The van der Waals surface area contributed by atoms with Crippen LogP contribution in [0, 0.1) is 0 Å². The molecule has 0 aromatic rings. The maximum Gasteiger partial charge on any atom is 0.472 e. The minimum atomic E-state index is -4.33. The molecule has 0 rings (SSSR count). The van der Waals surface area contributed by atoms with Crippen LogP contribution in [0.15, 0.2) is 24.3 Å². The lowest BCUT2D eigenvalue weighted by Crippen LogP contribution is -2.45. The normalized spacial score (nSPS) is 14.4. The van der Waals surface area contributed by atoms with Crippen molar-refractivity contribution in [3.63, 3.8) is 0 Å². The van der Waals surface area contributed by atoms with Gasteiger partial charge in [-0.25, -0.2) is 4.57 Å². The average Bonchev–Trinajstić information content (AvgIpc) is 3.17. The Labute approximate surface area is 360 Å². The summed E-state index contributed by atoms with van der Waals surface area (Å²) in [6.45, 7) is 4.76. The summed E-state index contributed by atoms with van der Waals surface area (Å²) in [6.07, 6.45) is 50.2. The predicted octanol–water partition coefficient (Wildman–Crippen LogP) is 14.1. The van der Waals surface area contributed by atoms with Gasteiger partial charge in [-0.1, -0.05) is 218 Å². The summed E-state index contributed by atoms with van der Waals surface area (Å²) in [5.41, 5.74) is 0. The van der Waals surface area contributed by atoms with Crippen molar-refractivity contribution in [2.24, 2.45) is 0 Å². The molecule has 0 aliphatic rings. The molecular formula is C49H98N2O6P+. The van der Waals surface area contributed by atoms with Crippen LogP contribution in [0.3, 0.4) is 0 Å². The third kappa shape index (κ3) is 43.1. The zero-order valence-corrected chi connectivity index (χ0v) is 39.9. The molecule has 8 nitrogen and oxygen atoms in total. The minimum absolute atomic E-state index is 0.0577. The largest absolute Gasteiger partial charge is 0.472 e. The van der Waals surface area contributed by atoms with Crippen LogP contribution in [0.4, 0.5) is 0 Å². The highest BCUT2D eigenvalue weighted by Gasteiger charge is 2.27. The first-order valence-corrected chi connectivity index (χ1v) is 26.2. The molecule has 0 aromatic carbocycles. The molecule has 0 radical (unpaired) electrons. The van der Waals surface area contributed by atoms with Crippen LogP contribution < -0.4 is 5.32 Å². The number of nitrogens with zero attached hydrogens (tertiary/aromatic N) is 1. The van der Waals surface area contributed by atoms with E-state index in [0.29, 0.717) is 17.4 Å². The Kier molecular flexibility index (Phi) is 40.6. The monoisotopic (exact) mass is 842 g/mol. The second-order valence-corrected chi connectivity index (χ2v) is 19.6. The second kappa shape index (κ2) is 41.3. The van der Waals surface area contributed by atoms with E-state index in [4.69, 9.17) is 9.05 Å². The van der Waals surface area contributed by atoms with Crippen molar-refractivity contribution >= 4 is 13.7 Å².